The minimum atomic E-state index is -1.06. The van der Waals surface area contributed by atoms with Gasteiger partial charge in [-0.25, -0.2) is 0 Å². The Hall–Kier alpha value is -3.18. The van der Waals surface area contributed by atoms with Crippen molar-refractivity contribution in [1.82, 2.24) is 0 Å². The highest BCUT2D eigenvalue weighted by atomic mass is 16.3. The summed E-state index contributed by atoms with van der Waals surface area (Å²) in [7, 11) is 0. The van der Waals surface area contributed by atoms with Gasteiger partial charge in [0.2, 0.25) is 0 Å². The second-order valence-corrected chi connectivity index (χ2v) is 7.28. The van der Waals surface area contributed by atoms with E-state index in [0.29, 0.717) is 0 Å². The SMILES string of the molecule is CC(C)(O)C#Cc1ccccc1/C=N\N=C/c1ccccc1C#CC(C)(C)O. The fraction of sp³-hybridized carbons (Fsp3) is 0.250. The van der Waals surface area contributed by atoms with E-state index < -0.39 is 11.2 Å². The summed E-state index contributed by atoms with van der Waals surface area (Å²) in [6.45, 7) is 6.55. The minimum absolute atomic E-state index is 0.764. The van der Waals surface area contributed by atoms with Crippen LogP contribution in [0.3, 0.4) is 0 Å². The van der Waals surface area contributed by atoms with E-state index in [-0.39, 0.29) is 0 Å². The molecule has 2 N–H and O–H groups in total. The minimum Gasteiger partial charge on any atom is -0.378 e. The first-order valence-electron chi connectivity index (χ1n) is 8.90. The summed E-state index contributed by atoms with van der Waals surface area (Å²) in [4.78, 5) is 0. The van der Waals surface area contributed by atoms with Crippen molar-refractivity contribution in [3.05, 3.63) is 70.8 Å². The van der Waals surface area contributed by atoms with E-state index in [4.69, 9.17) is 0 Å². The van der Waals surface area contributed by atoms with Gasteiger partial charge in [-0.15, -0.1) is 0 Å². The Labute approximate surface area is 166 Å². The average molecular weight is 372 g/mol. The molecule has 28 heavy (non-hydrogen) atoms. The maximum Gasteiger partial charge on any atom is 0.120 e. The molecule has 0 aliphatic carbocycles. The van der Waals surface area contributed by atoms with E-state index in [0.717, 1.165) is 22.3 Å². The number of rotatable bonds is 3. The van der Waals surface area contributed by atoms with Gasteiger partial charge >= 0.3 is 0 Å². The monoisotopic (exact) mass is 372 g/mol. The second-order valence-electron chi connectivity index (χ2n) is 7.28. The second kappa shape index (κ2) is 9.15. The zero-order chi connectivity index (χ0) is 20.6. The van der Waals surface area contributed by atoms with Crippen molar-refractivity contribution in [2.24, 2.45) is 10.2 Å². The molecular weight excluding hydrogens is 348 g/mol. The van der Waals surface area contributed by atoms with Crippen LogP contribution in [0.5, 0.6) is 0 Å². The van der Waals surface area contributed by atoms with E-state index in [9.17, 15) is 10.2 Å². The highest BCUT2D eigenvalue weighted by Crippen LogP contribution is 2.08. The lowest BCUT2D eigenvalue weighted by Gasteiger charge is -2.06. The van der Waals surface area contributed by atoms with E-state index in [1.165, 1.54) is 0 Å². The summed E-state index contributed by atoms with van der Waals surface area (Å²) >= 11 is 0. The van der Waals surface area contributed by atoms with Crippen LogP contribution in [-0.4, -0.2) is 33.8 Å². The van der Waals surface area contributed by atoms with Gasteiger partial charge in [0, 0.05) is 22.3 Å². The summed E-state index contributed by atoms with van der Waals surface area (Å²) in [5.74, 6) is 11.5. The molecule has 0 bridgehead atoms. The lowest BCUT2D eigenvalue weighted by molar-refractivity contribution is 0.143. The summed E-state index contributed by atoms with van der Waals surface area (Å²) < 4.78 is 0. The number of hydrogen-bond donors (Lipinski definition) is 2. The van der Waals surface area contributed by atoms with Crippen LogP contribution in [0.25, 0.3) is 0 Å². The first-order chi connectivity index (χ1) is 13.1. The van der Waals surface area contributed by atoms with Crippen molar-refractivity contribution in [3.8, 4) is 23.7 Å². The lowest BCUT2D eigenvalue weighted by Crippen LogP contribution is -2.14. The molecule has 0 aromatic heterocycles. The zero-order valence-electron chi connectivity index (χ0n) is 16.6. The molecule has 2 rings (SSSR count). The molecule has 0 aliphatic heterocycles. The molecule has 0 amide bonds. The molecule has 0 saturated carbocycles. The van der Waals surface area contributed by atoms with Crippen LogP contribution in [0.4, 0.5) is 0 Å². The third kappa shape index (κ3) is 7.60. The quantitative estimate of drug-likeness (QED) is 0.493. The Bertz CT molecular complexity index is 915. The zero-order valence-corrected chi connectivity index (χ0v) is 16.6. The molecule has 0 saturated heterocycles. The fourth-order valence-electron chi connectivity index (χ4n) is 2.08. The van der Waals surface area contributed by atoms with Crippen LogP contribution < -0.4 is 0 Å². The maximum absolute atomic E-state index is 9.77. The van der Waals surface area contributed by atoms with Crippen LogP contribution >= 0.6 is 0 Å². The fourth-order valence-corrected chi connectivity index (χ4v) is 2.08. The van der Waals surface area contributed by atoms with Gasteiger partial charge < -0.3 is 10.2 Å². The summed E-state index contributed by atoms with van der Waals surface area (Å²) in [5, 5.41) is 27.8. The van der Waals surface area contributed by atoms with Gasteiger partial charge in [0.1, 0.15) is 11.2 Å². The van der Waals surface area contributed by atoms with Crippen LogP contribution in [0.15, 0.2) is 58.7 Å². The van der Waals surface area contributed by atoms with Gasteiger partial charge in [-0.1, -0.05) is 60.1 Å². The van der Waals surface area contributed by atoms with Gasteiger partial charge in [0.15, 0.2) is 0 Å². The predicted octanol–water partition coefficient (Wildman–Crippen LogP) is 3.38. The third-order valence-corrected chi connectivity index (χ3v) is 3.39. The Morgan fingerprint density at radius 2 is 1.04 bits per heavy atom. The maximum atomic E-state index is 9.77. The van der Waals surface area contributed by atoms with Crippen molar-refractivity contribution in [1.29, 1.82) is 0 Å². The van der Waals surface area contributed by atoms with Crippen molar-refractivity contribution < 1.29 is 10.2 Å². The van der Waals surface area contributed by atoms with Gasteiger partial charge in [0.05, 0.1) is 12.4 Å². The molecular formula is C24H24N2O2. The molecule has 4 nitrogen and oxygen atoms in total. The number of nitrogens with zero attached hydrogens (tertiary/aromatic N) is 2. The lowest BCUT2D eigenvalue weighted by atomic mass is 10.1. The van der Waals surface area contributed by atoms with Crippen molar-refractivity contribution in [2.75, 3.05) is 0 Å². The molecule has 2 aromatic rings. The van der Waals surface area contributed by atoms with Crippen LogP contribution in [0.1, 0.15) is 49.9 Å². The van der Waals surface area contributed by atoms with Crippen LogP contribution in [0.2, 0.25) is 0 Å². The van der Waals surface area contributed by atoms with Gasteiger partial charge in [-0.2, -0.15) is 10.2 Å². The van der Waals surface area contributed by atoms with Gasteiger partial charge in [-0.05, 0) is 39.8 Å². The summed E-state index contributed by atoms with van der Waals surface area (Å²) in [6.07, 6.45) is 3.24. The number of hydrogen-bond acceptors (Lipinski definition) is 4. The Morgan fingerprint density at radius 1 is 0.679 bits per heavy atom. The first kappa shape index (κ1) is 21.1. The molecule has 142 valence electrons. The predicted molar refractivity (Wildman–Crippen MR) is 114 cm³/mol. The summed E-state index contributed by atoms with van der Waals surface area (Å²) in [6, 6.07) is 15.0. The third-order valence-electron chi connectivity index (χ3n) is 3.39. The Balaban J connectivity index is 2.22. The average Bonchev–Trinajstić information content (AvgIpc) is 2.62. The molecule has 0 aliphatic rings. The first-order valence-corrected chi connectivity index (χ1v) is 8.90. The van der Waals surface area contributed by atoms with E-state index >= 15 is 0 Å². The standard InChI is InChI=1S/C24H24N2O2/c1-23(2,27)15-13-19-9-5-7-11-21(19)17-25-26-18-22-12-8-6-10-20(22)14-16-24(3,4)28/h5-12,17-18,27-28H,1-4H3/b25-17-,26-18-. The van der Waals surface area contributed by atoms with Crippen molar-refractivity contribution in [3.63, 3.8) is 0 Å². The topological polar surface area (TPSA) is 65.2 Å². The highest BCUT2D eigenvalue weighted by Gasteiger charge is 2.07. The molecule has 0 heterocycles. The highest BCUT2D eigenvalue weighted by molar-refractivity contribution is 5.86. The summed E-state index contributed by atoms with van der Waals surface area (Å²) in [5.41, 5.74) is 1.03. The smallest absolute Gasteiger partial charge is 0.120 e. The molecule has 0 fully saturated rings. The molecule has 2 aromatic carbocycles. The van der Waals surface area contributed by atoms with E-state index in [2.05, 4.69) is 33.9 Å². The molecule has 0 atom stereocenters. The van der Waals surface area contributed by atoms with Crippen molar-refractivity contribution in [2.45, 2.75) is 38.9 Å². The van der Waals surface area contributed by atoms with Gasteiger partial charge in [0.25, 0.3) is 0 Å². The normalized spacial score (nSPS) is 11.8. The largest absolute Gasteiger partial charge is 0.378 e. The van der Waals surface area contributed by atoms with Gasteiger partial charge in [-0.3, -0.25) is 0 Å². The molecule has 4 heteroatoms. The number of aliphatic hydroxyl groups is 2. The van der Waals surface area contributed by atoms with E-state index in [1.807, 2.05) is 48.5 Å². The molecule has 0 unspecified atom stereocenters. The Kier molecular flexibility index (Phi) is 6.90. The number of benzene rings is 2. The van der Waals surface area contributed by atoms with E-state index in [1.54, 1.807) is 40.1 Å². The molecule has 0 spiro atoms. The van der Waals surface area contributed by atoms with Crippen LogP contribution in [-0.2, 0) is 0 Å². The van der Waals surface area contributed by atoms with Crippen molar-refractivity contribution >= 4 is 12.4 Å². The Morgan fingerprint density at radius 3 is 1.39 bits per heavy atom. The molecule has 0 radical (unpaired) electrons. The van der Waals surface area contributed by atoms with Crippen LogP contribution in [0, 0.1) is 23.7 Å².